The smallest absolute Gasteiger partial charge is 0.376 e. The minimum Gasteiger partial charge on any atom is -0.376 e. The van der Waals surface area contributed by atoms with Crippen LogP contribution in [0, 0.1) is 29.0 Å². The largest absolute Gasteiger partial charge is 0.436 e. The maximum absolute atomic E-state index is 14.8. The van der Waals surface area contributed by atoms with E-state index >= 15 is 0 Å². The van der Waals surface area contributed by atoms with Crippen LogP contribution in [0.1, 0.15) is 30.3 Å². The number of alkyl halides is 3. The van der Waals surface area contributed by atoms with E-state index in [1.807, 2.05) is 12.3 Å². The lowest BCUT2D eigenvalue weighted by Crippen LogP contribution is -2.75. The first-order valence-electron chi connectivity index (χ1n) is 13.9. The number of aromatic amines is 1. The van der Waals surface area contributed by atoms with Gasteiger partial charge in [0.05, 0.1) is 43.1 Å². The Kier molecular flexibility index (Phi) is 6.69. The maximum atomic E-state index is 14.8. The summed E-state index contributed by atoms with van der Waals surface area (Å²) in [4.78, 5) is 16.5. The molecule has 3 saturated heterocycles. The van der Waals surface area contributed by atoms with E-state index in [-0.39, 0.29) is 36.9 Å². The van der Waals surface area contributed by atoms with Crippen LogP contribution >= 0.6 is 0 Å². The molecule has 4 aromatic rings. The zero-order valence-corrected chi connectivity index (χ0v) is 22.7. The van der Waals surface area contributed by atoms with Crippen LogP contribution in [0.15, 0.2) is 43.2 Å². The Bertz CT molecular complexity index is 1700. The number of ether oxygens (including phenoxy) is 1. The lowest BCUT2D eigenvalue weighted by Gasteiger charge is -2.57. The third-order valence-electron chi connectivity index (χ3n) is 8.99. The van der Waals surface area contributed by atoms with Crippen molar-refractivity contribution in [1.29, 1.82) is 5.26 Å². The summed E-state index contributed by atoms with van der Waals surface area (Å²) in [5.74, 6) is -1.71. The van der Waals surface area contributed by atoms with E-state index in [9.17, 15) is 27.9 Å². The number of aliphatic hydroxyl groups excluding tert-OH is 1. The molecule has 3 aliphatic heterocycles. The van der Waals surface area contributed by atoms with Crippen molar-refractivity contribution in [3.63, 3.8) is 0 Å². The molecule has 0 radical (unpaired) electrons. The van der Waals surface area contributed by atoms with Gasteiger partial charge in [0, 0.05) is 54.7 Å². The Hall–Kier alpha value is -3.97. The number of piperidine rings is 1. The molecule has 0 saturated carbocycles. The quantitative estimate of drug-likeness (QED) is 0.286. The zero-order valence-electron chi connectivity index (χ0n) is 22.7. The number of hydrogen-bond acceptors (Lipinski definition) is 9. The standard InChI is InChI=1S/C28H27F4N9O2/c29-20-18(1-5-34-23(20)28(30,31)32)26(42)40-9-15-7-16(10-40)22(43-12-15)24-27(3-4-33,13-36-24)41-11-17(8-39-41)21-19-2-6-35-25(19)38-14-37-21/h1-2,5-6,8,11,14-16,22,24,26,36,42H,3,7,9-10,12-13H2,(H,35,37,38). The lowest BCUT2D eigenvalue weighted by atomic mass is 9.70. The summed E-state index contributed by atoms with van der Waals surface area (Å²) in [5.41, 5.74) is -0.675. The number of nitrogens with one attached hydrogen (secondary N) is 2. The van der Waals surface area contributed by atoms with Crippen molar-refractivity contribution in [2.75, 3.05) is 26.2 Å². The number of aliphatic hydroxyl groups is 1. The fourth-order valence-electron chi connectivity index (χ4n) is 6.93. The number of aromatic nitrogens is 6. The fourth-order valence-corrected chi connectivity index (χ4v) is 6.93. The van der Waals surface area contributed by atoms with Crippen LogP contribution in [-0.2, 0) is 16.5 Å². The van der Waals surface area contributed by atoms with Gasteiger partial charge in [0.2, 0.25) is 0 Å². The Labute approximate surface area is 242 Å². The van der Waals surface area contributed by atoms with Crippen LogP contribution in [0.2, 0.25) is 0 Å². The second-order valence-corrected chi connectivity index (χ2v) is 11.5. The van der Waals surface area contributed by atoms with Crippen LogP contribution in [-0.4, -0.2) is 78.1 Å². The second-order valence-electron chi connectivity index (χ2n) is 11.5. The average molecular weight is 598 g/mol. The van der Waals surface area contributed by atoms with E-state index in [0.29, 0.717) is 31.0 Å². The molecule has 2 bridgehead atoms. The maximum Gasteiger partial charge on any atom is 0.436 e. The van der Waals surface area contributed by atoms with Crippen molar-refractivity contribution in [3.05, 3.63) is 60.3 Å². The summed E-state index contributed by atoms with van der Waals surface area (Å²) >= 11 is 0. The molecule has 3 aliphatic rings. The molecule has 224 valence electrons. The molecular weight excluding hydrogens is 570 g/mol. The van der Waals surface area contributed by atoms with E-state index in [2.05, 4.69) is 36.4 Å². The van der Waals surface area contributed by atoms with Gasteiger partial charge < -0.3 is 20.1 Å². The monoisotopic (exact) mass is 597 g/mol. The highest BCUT2D eigenvalue weighted by Crippen LogP contribution is 2.43. The van der Waals surface area contributed by atoms with Crippen LogP contribution in [0.3, 0.4) is 0 Å². The summed E-state index contributed by atoms with van der Waals surface area (Å²) in [6.45, 7) is 1.43. The first kappa shape index (κ1) is 27.8. The number of rotatable bonds is 6. The van der Waals surface area contributed by atoms with Crippen LogP contribution in [0.25, 0.3) is 22.3 Å². The first-order valence-corrected chi connectivity index (χ1v) is 13.9. The molecule has 0 aliphatic carbocycles. The molecule has 15 heteroatoms. The van der Waals surface area contributed by atoms with Gasteiger partial charge >= 0.3 is 6.18 Å². The number of fused-ring (bicyclic) bond motifs is 3. The number of likely N-dealkylation sites (tertiary alicyclic amines) is 1. The van der Waals surface area contributed by atoms with Gasteiger partial charge in [0.1, 0.15) is 23.7 Å². The molecule has 11 nitrogen and oxygen atoms in total. The lowest BCUT2D eigenvalue weighted by molar-refractivity contribution is -0.164. The SMILES string of the molecule is N#CCC1(n2cc(-c3ncnc4[nH]ccc34)cn2)CNC1C1OCC2CC1CN(C(O)c1ccnc(C(F)(F)F)c1F)C2. The van der Waals surface area contributed by atoms with Gasteiger partial charge in [-0.2, -0.15) is 23.5 Å². The number of pyridine rings is 1. The number of hydrogen-bond donors (Lipinski definition) is 3. The summed E-state index contributed by atoms with van der Waals surface area (Å²) in [6, 6.07) is 4.96. The van der Waals surface area contributed by atoms with Crippen LogP contribution in [0.4, 0.5) is 17.6 Å². The molecule has 7 heterocycles. The number of nitriles is 1. The average Bonchev–Trinajstić information content (AvgIpc) is 3.66. The predicted octanol–water partition coefficient (Wildman–Crippen LogP) is 2.98. The van der Waals surface area contributed by atoms with E-state index in [1.165, 1.54) is 6.33 Å². The molecule has 0 spiro atoms. The Balaban J connectivity index is 1.15. The molecule has 3 N–H and O–H groups in total. The third kappa shape index (κ3) is 4.56. The molecule has 6 unspecified atom stereocenters. The van der Waals surface area contributed by atoms with E-state index in [4.69, 9.17) is 4.74 Å². The fraction of sp³-hybridized carbons (Fsp3) is 0.464. The molecule has 43 heavy (non-hydrogen) atoms. The summed E-state index contributed by atoms with van der Waals surface area (Å²) < 4.78 is 62.8. The van der Waals surface area contributed by atoms with Crippen molar-refractivity contribution in [3.8, 4) is 17.3 Å². The molecule has 3 fully saturated rings. The van der Waals surface area contributed by atoms with Crippen molar-refractivity contribution in [2.24, 2.45) is 11.8 Å². The van der Waals surface area contributed by atoms with E-state index in [1.54, 1.807) is 22.0 Å². The van der Waals surface area contributed by atoms with E-state index < -0.39 is 35.0 Å². The van der Waals surface area contributed by atoms with E-state index in [0.717, 1.165) is 29.6 Å². The highest BCUT2D eigenvalue weighted by molar-refractivity contribution is 5.90. The number of H-pyrrole nitrogens is 1. The molecule has 4 aromatic heterocycles. The third-order valence-corrected chi connectivity index (χ3v) is 8.99. The summed E-state index contributed by atoms with van der Waals surface area (Å²) in [7, 11) is 0. The van der Waals surface area contributed by atoms with Gasteiger partial charge in [-0.3, -0.25) is 9.58 Å². The normalized spacial score (nSPS) is 28.4. The highest BCUT2D eigenvalue weighted by Gasteiger charge is 2.56. The van der Waals surface area contributed by atoms with Crippen molar-refractivity contribution >= 4 is 11.0 Å². The minimum atomic E-state index is -4.98. The Morgan fingerprint density at radius 1 is 1.23 bits per heavy atom. The summed E-state index contributed by atoms with van der Waals surface area (Å²) in [5, 5.41) is 29.9. The summed E-state index contributed by atoms with van der Waals surface area (Å²) in [6.07, 6.45) is 1.65. The van der Waals surface area contributed by atoms with Gasteiger partial charge in [-0.05, 0) is 30.4 Å². The Morgan fingerprint density at radius 3 is 2.86 bits per heavy atom. The van der Waals surface area contributed by atoms with Crippen molar-refractivity contribution in [2.45, 2.75) is 42.9 Å². The first-order chi connectivity index (χ1) is 20.7. The number of nitrogens with zero attached hydrogens (tertiary/aromatic N) is 7. The minimum absolute atomic E-state index is 0.0000852. The van der Waals surface area contributed by atoms with Gasteiger partial charge in [0.15, 0.2) is 11.5 Å². The van der Waals surface area contributed by atoms with Crippen LogP contribution in [0.5, 0.6) is 0 Å². The van der Waals surface area contributed by atoms with Gasteiger partial charge in [-0.15, -0.1) is 0 Å². The van der Waals surface area contributed by atoms with Gasteiger partial charge in [0.25, 0.3) is 0 Å². The topological polar surface area (TPSA) is 141 Å². The second kappa shape index (κ2) is 10.3. The molecule has 7 rings (SSSR count). The van der Waals surface area contributed by atoms with Gasteiger partial charge in [-0.1, -0.05) is 0 Å². The van der Waals surface area contributed by atoms with Crippen molar-refractivity contribution in [1.82, 2.24) is 39.9 Å². The molecular formula is C28H27F4N9O2. The zero-order chi connectivity index (χ0) is 29.9. The predicted molar refractivity (Wildman–Crippen MR) is 142 cm³/mol. The highest BCUT2D eigenvalue weighted by atomic mass is 19.4. The number of halogens is 4. The Morgan fingerprint density at radius 2 is 2.09 bits per heavy atom. The molecule has 6 atom stereocenters. The molecule has 0 amide bonds. The van der Waals surface area contributed by atoms with Crippen molar-refractivity contribution < 1.29 is 27.4 Å². The van der Waals surface area contributed by atoms with Gasteiger partial charge in [-0.25, -0.2) is 19.3 Å². The molecule has 0 aromatic carbocycles. The van der Waals surface area contributed by atoms with Crippen LogP contribution < -0.4 is 5.32 Å².